The van der Waals surface area contributed by atoms with E-state index in [-0.39, 0.29) is 69.4 Å². The smallest absolute Gasteiger partial charge is 1.00 e. The Morgan fingerprint density at radius 2 is 1.55 bits per heavy atom. The zero-order chi connectivity index (χ0) is 15.1. The van der Waals surface area contributed by atoms with E-state index >= 15 is 0 Å². The van der Waals surface area contributed by atoms with Crippen molar-refractivity contribution in [3.8, 4) is 5.75 Å². The van der Waals surface area contributed by atoms with Crippen LogP contribution in [-0.4, -0.2) is 9.79 Å². The number of phosphoric acid groups is 1. The number of rotatable bonds is 2. The third-order valence-corrected chi connectivity index (χ3v) is 3.31. The Kier molecular flexibility index (Phi) is 7.20. The summed E-state index contributed by atoms with van der Waals surface area (Å²) in [6, 6.07) is 5.45. The van der Waals surface area contributed by atoms with Crippen molar-refractivity contribution < 1.29 is 71.7 Å². The predicted octanol–water partition coefficient (Wildman–Crippen LogP) is 0.870. The van der Waals surface area contributed by atoms with Crippen LogP contribution in [-0.2, 0) is 15.4 Å². The average molecular weight is 326 g/mol. The van der Waals surface area contributed by atoms with Gasteiger partial charge in [0.2, 0.25) is 0 Å². The molecule has 0 saturated carbocycles. The second-order valence-corrected chi connectivity index (χ2v) is 7.96. The molecule has 0 aliphatic heterocycles. The fourth-order valence-electron chi connectivity index (χ4n) is 1.79. The Balaban J connectivity index is 0. The van der Waals surface area contributed by atoms with Crippen LogP contribution in [0.25, 0.3) is 0 Å². The van der Waals surface area contributed by atoms with E-state index in [0.29, 0.717) is 0 Å². The molecule has 0 radical (unpaired) electrons. The van der Waals surface area contributed by atoms with Gasteiger partial charge in [0.15, 0.2) is 0 Å². The summed E-state index contributed by atoms with van der Waals surface area (Å²) < 4.78 is 15.8. The number of hydrogen-bond donors (Lipinski definition) is 2. The molecule has 0 fully saturated rings. The zero-order valence-corrected chi connectivity index (χ0v) is 17.4. The Labute approximate surface area is 165 Å². The van der Waals surface area contributed by atoms with Gasteiger partial charge in [-0.3, -0.25) is 9.79 Å². The first-order chi connectivity index (χ1) is 8.31. The van der Waals surface area contributed by atoms with Gasteiger partial charge in [-0.1, -0.05) is 53.7 Å². The van der Waals surface area contributed by atoms with Gasteiger partial charge in [-0.05, 0) is 22.5 Å². The maximum Gasteiger partial charge on any atom is 1.00 e. The van der Waals surface area contributed by atoms with Gasteiger partial charge in [-0.2, -0.15) is 0 Å². The number of hydrogen-bond acceptors (Lipinski definition) is 2. The molecule has 1 rings (SSSR count). The third kappa shape index (κ3) is 6.28. The minimum atomic E-state index is -4.54. The van der Waals surface area contributed by atoms with Crippen molar-refractivity contribution in [2.75, 3.05) is 0 Å². The van der Waals surface area contributed by atoms with Gasteiger partial charge in [0, 0.05) is 5.56 Å². The van der Waals surface area contributed by atoms with Crippen LogP contribution >= 0.6 is 7.82 Å². The molecule has 0 spiro atoms. The van der Waals surface area contributed by atoms with Gasteiger partial charge >= 0.3 is 59.2 Å². The van der Waals surface area contributed by atoms with Crippen LogP contribution in [0.3, 0.4) is 0 Å². The third-order valence-electron chi connectivity index (χ3n) is 2.87. The van der Waals surface area contributed by atoms with Crippen LogP contribution in [0, 0.1) is 0 Å². The predicted molar refractivity (Wildman–Crippen MR) is 77.6 cm³/mol. The quantitative estimate of drug-likeness (QED) is 0.625. The molecule has 0 bridgehead atoms. The van der Waals surface area contributed by atoms with E-state index in [4.69, 9.17) is 14.3 Å². The number of phosphoric ester groups is 1. The van der Waals surface area contributed by atoms with Crippen molar-refractivity contribution in [2.45, 2.75) is 52.4 Å². The second kappa shape index (κ2) is 6.92. The van der Waals surface area contributed by atoms with Gasteiger partial charge in [0.25, 0.3) is 0 Å². The van der Waals surface area contributed by atoms with Gasteiger partial charge < -0.3 is 5.95 Å². The van der Waals surface area contributed by atoms with E-state index in [0.717, 1.165) is 11.1 Å². The molecule has 110 valence electrons. The largest absolute Gasteiger partial charge is 1.00 e. The van der Waals surface area contributed by atoms with Crippen molar-refractivity contribution in [1.29, 1.82) is 0 Å². The molecule has 0 aliphatic rings. The Bertz CT molecular complexity index is 515. The van der Waals surface area contributed by atoms with E-state index in [9.17, 15) is 4.57 Å². The van der Waals surface area contributed by atoms with Gasteiger partial charge in [-0.25, -0.2) is 4.57 Å². The molecule has 1 aromatic rings. The molecule has 4 nitrogen and oxygen atoms in total. The fourth-order valence-corrected chi connectivity index (χ4v) is 2.21. The topological polar surface area (TPSA) is 66.8 Å². The second-order valence-electron chi connectivity index (χ2n) is 6.79. The van der Waals surface area contributed by atoms with Crippen molar-refractivity contribution in [2.24, 2.45) is 0 Å². The molecule has 1 aromatic carbocycles. The molecule has 0 aliphatic carbocycles. The van der Waals surface area contributed by atoms with Crippen molar-refractivity contribution in [1.82, 2.24) is 0 Å². The first-order valence-electron chi connectivity index (χ1n) is 6.21. The SMILES string of the molecule is CC(C)(C)c1ccc(OP(=O)(O)O)c(C(C)(C)C)c1.[H-].[K+]. The summed E-state index contributed by atoms with van der Waals surface area (Å²) in [6.45, 7) is 12.2. The summed E-state index contributed by atoms with van der Waals surface area (Å²) in [5.74, 6) is 0.244. The fraction of sp³-hybridized carbons (Fsp3) is 0.571. The maximum absolute atomic E-state index is 11.0. The minimum absolute atomic E-state index is 0. The summed E-state index contributed by atoms with van der Waals surface area (Å²) in [6.07, 6.45) is 0. The summed E-state index contributed by atoms with van der Waals surface area (Å²) in [5, 5.41) is 0. The van der Waals surface area contributed by atoms with E-state index in [1.54, 1.807) is 6.07 Å². The van der Waals surface area contributed by atoms with Gasteiger partial charge in [0.1, 0.15) is 5.75 Å². The molecule has 0 amide bonds. The standard InChI is InChI=1S/C14H23O4P.K.H/c1-13(2,3)10-7-8-12(18-19(15,16)17)11(9-10)14(4,5)6;;/h7-9H,1-6H3,(H2,15,16,17);;/q;+1;-1. The molecule has 6 heteroatoms. The Morgan fingerprint density at radius 3 is 1.90 bits per heavy atom. The van der Waals surface area contributed by atoms with Crippen LogP contribution in [0.5, 0.6) is 5.75 Å². The first-order valence-corrected chi connectivity index (χ1v) is 7.74. The van der Waals surface area contributed by atoms with E-state index in [2.05, 4.69) is 20.8 Å². The van der Waals surface area contributed by atoms with E-state index in [1.165, 1.54) is 0 Å². The van der Waals surface area contributed by atoms with Crippen LogP contribution in [0.4, 0.5) is 0 Å². The Hall–Kier alpha value is 0.806. The molecule has 0 heterocycles. The zero-order valence-electron chi connectivity index (χ0n) is 14.4. The monoisotopic (exact) mass is 326 g/mol. The molecule has 0 aromatic heterocycles. The van der Waals surface area contributed by atoms with Gasteiger partial charge in [0.05, 0.1) is 0 Å². The van der Waals surface area contributed by atoms with Crippen LogP contribution < -0.4 is 55.9 Å². The molecule has 0 atom stereocenters. The maximum atomic E-state index is 11.0. The number of benzene rings is 1. The summed E-state index contributed by atoms with van der Waals surface area (Å²) in [7, 11) is -4.54. The van der Waals surface area contributed by atoms with Crippen LogP contribution in [0.2, 0.25) is 0 Å². The molecular weight excluding hydrogens is 302 g/mol. The molecule has 2 N–H and O–H groups in total. The minimum Gasteiger partial charge on any atom is -1.00 e. The van der Waals surface area contributed by atoms with Crippen LogP contribution in [0.1, 0.15) is 54.1 Å². The van der Waals surface area contributed by atoms with E-state index in [1.807, 2.05) is 32.9 Å². The summed E-state index contributed by atoms with van der Waals surface area (Å²) in [4.78, 5) is 18.0. The van der Waals surface area contributed by atoms with E-state index < -0.39 is 7.82 Å². The first kappa shape index (κ1) is 20.8. The molecule has 0 saturated heterocycles. The molecule has 0 unspecified atom stereocenters. The van der Waals surface area contributed by atoms with Gasteiger partial charge in [-0.15, -0.1) is 0 Å². The van der Waals surface area contributed by atoms with Crippen molar-refractivity contribution >= 4 is 7.82 Å². The molecular formula is C14H24KO4P. The van der Waals surface area contributed by atoms with Crippen LogP contribution in [0.15, 0.2) is 18.2 Å². The summed E-state index contributed by atoms with van der Waals surface area (Å²) >= 11 is 0. The summed E-state index contributed by atoms with van der Waals surface area (Å²) in [5.41, 5.74) is 1.62. The van der Waals surface area contributed by atoms with Crippen molar-refractivity contribution in [3.63, 3.8) is 0 Å². The molecule has 20 heavy (non-hydrogen) atoms. The van der Waals surface area contributed by atoms with Crippen molar-refractivity contribution in [3.05, 3.63) is 29.3 Å². The normalized spacial score (nSPS) is 12.8. The Morgan fingerprint density at radius 1 is 1.05 bits per heavy atom. The average Bonchev–Trinajstić information content (AvgIpc) is 2.11.